The van der Waals surface area contributed by atoms with Crippen LogP contribution in [-0.4, -0.2) is 4.98 Å². The van der Waals surface area contributed by atoms with Gasteiger partial charge >= 0.3 is 0 Å². The van der Waals surface area contributed by atoms with Crippen LogP contribution in [-0.2, 0) is 0 Å². The van der Waals surface area contributed by atoms with E-state index in [1.165, 1.54) is 0 Å². The Balaban J connectivity index is 2.86. The number of hydrogen-bond donors (Lipinski definition) is 2. The highest BCUT2D eigenvalue weighted by atomic mass is 79.9. The summed E-state index contributed by atoms with van der Waals surface area (Å²) in [6.45, 7) is 1.91. The Hall–Kier alpha value is -0.550. The standard InChI is InChI=1S/C10H8BrCl2N3/c1-4-2-5-3-6(11)7(12)8(13)9(5)15-10(4)16-14/h2-3H,14H2,1H3,(H,15,16). The van der Waals surface area contributed by atoms with Gasteiger partial charge < -0.3 is 5.43 Å². The van der Waals surface area contributed by atoms with Crippen LogP contribution in [0.2, 0.25) is 10.0 Å². The van der Waals surface area contributed by atoms with Crippen molar-refractivity contribution >= 4 is 55.9 Å². The van der Waals surface area contributed by atoms with Crippen molar-refractivity contribution in [1.29, 1.82) is 0 Å². The number of anilines is 1. The van der Waals surface area contributed by atoms with Crippen molar-refractivity contribution in [2.45, 2.75) is 6.92 Å². The Bertz CT molecular complexity index is 572. The van der Waals surface area contributed by atoms with Gasteiger partial charge in [0.2, 0.25) is 0 Å². The van der Waals surface area contributed by atoms with Crippen molar-refractivity contribution < 1.29 is 0 Å². The lowest BCUT2D eigenvalue weighted by atomic mass is 10.1. The van der Waals surface area contributed by atoms with E-state index >= 15 is 0 Å². The smallest absolute Gasteiger partial charge is 0.143 e. The molecule has 0 fully saturated rings. The van der Waals surface area contributed by atoms with Crippen LogP contribution in [0.15, 0.2) is 16.6 Å². The van der Waals surface area contributed by atoms with Crippen LogP contribution in [0.25, 0.3) is 10.9 Å². The van der Waals surface area contributed by atoms with Gasteiger partial charge in [0, 0.05) is 9.86 Å². The van der Waals surface area contributed by atoms with E-state index in [0.717, 1.165) is 15.4 Å². The number of hydrogen-bond acceptors (Lipinski definition) is 3. The van der Waals surface area contributed by atoms with Crippen molar-refractivity contribution in [1.82, 2.24) is 4.98 Å². The molecule has 0 unspecified atom stereocenters. The molecule has 0 bridgehead atoms. The third kappa shape index (κ3) is 1.86. The number of nitrogen functional groups attached to an aromatic ring is 1. The summed E-state index contributed by atoms with van der Waals surface area (Å²) in [4.78, 5) is 4.32. The fourth-order valence-electron chi connectivity index (χ4n) is 1.48. The number of fused-ring (bicyclic) bond motifs is 1. The minimum Gasteiger partial charge on any atom is -0.308 e. The monoisotopic (exact) mass is 319 g/mol. The average molecular weight is 321 g/mol. The number of halogens is 3. The number of benzene rings is 1. The molecule has 0 aliphatic heterocycles. The second kappa shape index (κ2) is 4.37. The first-order valence-corrected chi connectivity index (χ1v) is 6.01. The van der Waals surface area contributed by atoms with E-state index in [1.54, 1.807) is 0 Å². The second-order valence-corrected chi connectivity index (χ2v) is 4.97. The Morgan fingerprint density at radius 3 is 2.62 bits per heavy atom. The molecule has 2 rings (SSSR count). The SMILES string of the molecule is Cc1cc2cc(Br)c(Cl)c(Cl)c2nc1NN. The molecule has 3 N–H and O–H groups in total. The molecule has 3 nitrogen and oxygen atoms in total. The van der Waals surface area contributed by atoms with Gasteiger partial charge in [0.05, 0.1) is 15.6 Å². The molecule has 2 aromatic rings. The molecule has 1 aromatic heterocycles. The lowest BCUT2D eigenvalue weighted by molar-refractivity contribution is 1.23. The molecule has 0 radical (unpaired) electrons. The van der Waals surface area contributed by atoms with Gasteiger partial charge in [-0.3, -0.25) is 0 Å². The summed E-state index contributed by atoms with van der Waals surface area (Å²) >= 11 is 15.5. The maximum Gasteiger partial charge on any atom is 0.143 e. The van der Waals surface area contributed by atoms with Crippen molar-refractivity contribution in [2.24, 2.45) is 5.84 Å². The lowest BCUT2D eigenvalue weighted by Gasteiger charge is -2.09. The first kappa shape index (κ1) is 11.9. The van der Waals surface area contributed by atoms with Gasteiger partial charge in [0.15, 0.2) is 0 Å². The summed E-state index contributed by atoms with van der Waals surface area (Å²) in [5.41, 5.74) is 4.10. The van der Waals surface area contributed by atoms with Crippen molar-refractivity contribution in [3.05, 3.63) is 32.2 Å². The van der Waals surface area contributed by atoms with Gasteiger partial charge in [-0.15, -0.1) is 0 Å². The van der Waals surface area contributed by atoms with Crippen LogP contribution in [0.5, 0.6) is 0 Å². The van der Waals surface area contributed by atoms with Gasteiger partial charge in [-0.25, -0.2) is 10.8 Å². The summed E-state index contributed by atoms with van der Waals surface area (Å²) in [7, 11) is 0. The van der Waals surface area contributed by atoms with Crippen LogP contribution in [0.4, 0.5) is 5.82 Å². The molecule has 1 heterocycles. The number of aryl methyl sites for hydroxylation is 1. The van der Waals surface area contributed by atoms with Crippen molar-refractivity contribution in [3.8, 4) is 0 Å². The summed E-state index contributed by atoms with van der Waals surface area (Å²) in [5.74, 6) is 5.95. The predicted molar refractivity (Wildman–Crippen MR) is 72.0 cm³/mol. The van der Waals surface area contributed by atoms with Crippen molar-refractivity contribution in [3.63, 3.8) is 0 Å². The average Bonchev–Trinajstić information content (AvgIpc) is 2.26. The van der Waals surface area contributed by atoms with Crippen LogP contribution < -0.4 is 11.3 Å². The largest absolute Gasteiger partial charge is 0.308 e. The zero-order valence-electron chi connectivity index (χ0n) is 8.31. The highest BCUT2D eigenvalue weighted by molar-refractivity contribution is 9.10. The minimum absolute atomic E-state index is 0.419. The fourth-order valence-corrected chi connectivity index (χ4v) is 2.43. The molecule has 0 amide bonds. The Morgan fingerprint density at radius 1 is 1.31 bits per heavy atom. The van der Waals surface area contributed by atoms with E-state index in [-0.39, 0.29) is 0 Å². The maximum atomic E-state index is 6.12. The van der Waals surface area contributed by atoms with Crippen LogP contribution >= 0.6 is 39.1 Å². The van der Waals surface area contributed by atoms with Crippen LogP contribution in [0, 0.1) is 6.92 Å². The zero-order valence-corrected chi connectivity index (χ0v) is 11.4. The maximum absolute atomic E-state index is 6.12. The van der Waals surface area contributed by atoms with E-state index in [0.29, 0.717) is 21.4 Å². The van der Waals surface area contributed by atoms with E-state index < -0.39 is 0 Å². The van der Waals surface area contributed by atoms with Gasteiger partial charge in [-0.1, -0.05) is 23.2 Å². The molecule has 0 aliphatic carbocycles. The topological polar surface area (TPSA) is 50.9 Å². The Morgan fingerprint density at radius 2 is 2.00 bits per heavy atom. The Labute approximate surface area is 111 Å². The first-order chi connectivity index (χ1) is 7.54. The van der Waals surface area contributed by atoms with E-state index in [2.05, 4.69) is 26.3 Å². The number of aromatic nitrogens is 1. The van der Waals surface area contributed by atoms with Crippen LogP contribution in [0.1, 0.15) is 5.56 Å². The molecule has 84 valence electrons. The predicted octanol–water partition coefficient (Wildman–Crippen LogP) is 3.90. The molecular formula is C10H8BrCl2N3. The highest BCUT2D eigenvalue weighted by Crippen LogP contribution is 2.37. The third-order valence-electron chi connectivity index (χ3n) is 2.27. The molecule has 0 aliphatic rings. The molecule has 1 aromatic carbocycles. The number of pyridine rings is 1. The summed E-state index contributed by atoms with van der Waals surface area (Å²) in [6.07, 6.45) is 0. The van der Waals surface area contributed by atoms with Gasteiger partial charge in [0.1, 0.15) is 5.82 Å². The molecule has 0 saturated heterocycles. The fraction of sp³-hybridized carbons (Fsp3) is 0.100. The number of rotatable bonds is 1. The van der Waals surface area contributed by atoms with E-state index in [9.17, 15) is 0 Å². The molecule has 6 heteroatoms. The summed E-state index contributed by atoms with van der Waals surface area (Å²) in [5, 5.41) is 1.79. The first-order valence-electron chi connectivity index (χ1n) is 4.46. The van der Waals surface area contributed by atoms with Gasteiger partial charge in [-0.2, -0.15) is 0 Å². The summed E-state index contributed by atoms with van der Waals surface area (Å²) < 4.78 is 0.751. The zero-order chi connectivity index (χ0) is 11.9. The number of nitrogens with zero attached hydrogens (tertiary/aromatic N) is 1. The van der Waals surface area contributed by atoms with Gasteiger partial charge in [0.25, 0.3) is 0 Å². The molecule has 0 atom stereocenters. The Kier molecular flexibility index (Phi) is 3.26. The normalized spacial score (nSPS) is 10.8. The molecule has 16 heavy (non-hydrogen) atoms. The molecule has 0 saturated carbocycles. The van der Waals surface area contributed by atoms with E-state index in [4.69, 9.17) is 29.0 Å². The van der Waals surface area contributed by atoms with E-state index in [1.807, 2.05) is 19.1 Å². The minimum atomic E-state index is 0.419. The molecular weight excluding hydrogens is 313 g/mol. The quantitative estimate of drug-likeness (QED) is 0.476. The third-order valence-corrected chi connectivity index (χ3v) is 3.98. The second-order valence-electron chi connectivity index (χ2n) is 3.36. The molecule has 0 spiro atoms. The highest BCUT2D eigenvalue weighted by Gasteiger charge is 2.11. The number of nitrogens with two attached hydrogens (primary N) is 1. The van der Waals surface area contributed by atoms with Crippen LogP contribution in [0.3, 0.4) is 0 Å². The lowest BCUT2D eigenvalue weighted by Crippen LogP contribution is -2.10. The number of hydrazine groups is 1. The van der Waals surface area contributed by atoms with Crippen molar-refractivity contribution in [2.75, 3.05) is 5.43 Å². The number of nitrogens with one attached hydrogen (secondary N) is 1. The summed E-state index contributed by atoms with van der Waals surface area (Å²) in [6, 6.07) is 3.83. The van der Waals surface area contributed by atoms with Gasteiger partial charge in [-0.05, 0) is 40.5 Å².